The van der Waals surface area contributed by atoms with Crippen molar-refractivity contribution < 1.29 is 9.59 Å². The molecule has 2 amide bonds. The molecule has 120 valence electrons. The number of nitrogens with one attached hydrogen (secondary N) is 2. The van der Waals surface area contributed by atoms with Gasteiger partial charge in [0.15, 0.2) is 0 Å². The fraction of sp³-hybridized carbons (Fsp3) is 0. The number of rotatable bonds is 6. The Balaban J connectivity index is 1.99. The summed E-state index contributed by atoms with van der Waals surface area (Å²) in [5.74, 6) is -0.541. The molecule has 0 aliphatic carbocycles. The van der Waals surface area contributed by atoms with Crippen molar-refractivity contribution in [2.24, 2.45) is 10.2 Å². The third-order valence-electron chi connectivity index (χ3n) is 2.92. The number of azo groups is 1. The van der Waals surface area contributed by atoms with Crippen molar-refractivity contribution >= 4 is 34.6 Å². The Labute approximate surface area is 139 Å². The Kier molecular flexibility index (Phi) is 5.74. The van der Waals surface area contributed by atoms with Crippen LogP contribution >= 0.6 is 0 Å². The largest absolute Gasteiger partial charge is 0.323 e. The second-order valence-corrected chi connectivity index (χ2v) is 4.68. The van der Waals surface area contributed by atoms with Crippen LogP contribution in [0.3, 0.4) is 0 Å². The minimum absolute atomic E-state index is 0.270. The van der Waals surface area contributed by atoms with Crippen LogP contribution in [0.25, 0.3) is 0 Å². The smallest absolute Gasteiger partial charge is 0.247 e. The summed E-state index contributed by atoms with van der Waals surface area (Å²) in [4.78, 5) is 22.4. The van der Waals surface area contributed by atoms with E-state index >= 15 is 0 Å². The Morgan fingerprint density at radius 1 is 0.708 bits per heavy atom. The summed E-state index contributed by atoms with van der Waals surface area (Å²) in [6, 6.07) is 13.9. The molecular weight excluding hydrogens is 304 g/mol. The van der Waals surface area contributed by atoms with Crippen LogP contribution in [0.5, 0.6) is 0 Å². The zero-order valence-electron chi connectivity index (χ0n) is 12.9. The quantitative estimate of drug-likeness (QED) is 0.612. The van der Waals surface area contributed by atoms with Crippen LogP contribution in [0.4, 0.5) is 22.7 Å². The zero-order valence-corrected chi connectivity index (χ0v) is 12.9. The van der Waals surface area contributed by atoms with E-state index in [0.29, 0.717) is 22.7 Å². The van der Waals surface area contributed by atoms with Crippen molar-refractivity contribution in [2.75, 3.05) is 10.6 Å². The van der Waals surface area contributed by atoms with Crippen LogP contribution in [0.2, 0.25) is 0 Å². The zero-order chi connectivity index (χ0) is 17.4. The Bertz CT molecular complexity index is 710. The van der Waals surface area contributed by atoms with Crippen LogP contribution in [-0.2, 0) is 9.59 Å². The first-order valence-electron chi connectivity index (χ1n) is 7.09. The first kappa shape index (κ1) is 16.8. The van der Waals surface area contributed by atoms with E-state index in [1.807, 2.05) is 0 Å². The molecule has 6 heteroatoms. The highest BCUT2D eigenvalue weighted by Crippen LogP contribution is 2.21. The molecule has 2 aromatic rings. The molecule has 0 saturated carbocycles. The van der Waals surface area contributed by atoms with E-state index in [-0.39, 0.29) is 11.8 Å². The first-order valence-corrected chi connectivity index (χ1v) is 7.09. The van der Waals surface area contributed by atoms with Gasteiger partial charge in [-0.15, -0.1) is 0 Å². The SMILES string of the molecule is C=CC(=O)Nc1ccc(N=Nc2ccc(NC(=O)C=C)cc2)cc1. The number of carbonyl (C=O) groups is 2. The number of amides is 2. The lowest BCUT2D eigenvalue weighted by Crippen LogP contribution is -2.06. The molecule has 0 fully saturated rings. The molecule has 2 aromatic carbocycles. The van der Waals surface area contributed by atoms with Gasteiger partial charge in [0.1, 0.15) is 0 Å². The minimum Gasteiger partial charge on any atom is -0.323 e. The second-order valence-electron chi connectivity index (χ2n) is 4.68. The second kappa shape index (κ2) is 8.19. The van der Waals surface area contributed by atoms with Gasteiger partial charge in [0.05, 0.1) is 11.4 Å². The standard InChI is InChI=1S/C18H16N4O2/c1-3-17(23)19-13-5-9-15(10-6-13)21-22-16-11-7-14(8-12-16)20-18(24)4-2/h3-12H,1-2H2,(H,19,23)(H,20,24). The number of carbonyl (C=O) groups excluding carboxylic acids is 2. The summed E-state index contributed by atoms with van der Waals surface area (Å²) >= 11 is 0. The maximum Gasteiger partial charge on any atom is 0.247 e. The predicted octanol–water partition coefficient (Wildman–Crippen LogP) is 4.35. The van der Waals surface area contributed by atoms with Gasteiger partial charge in [-0.2, -0.15) is 10.2 Å². The molecule has 0 aliphatic rings. The number of anilines is 2. The fourth-order valence-corrected chi connectivity index (χ4v) is 1.72. The van der Waals surface area contributed by atoms with Crippen molar-refractivity contribution in [3.63, 3.8) is 0 Å². The van der Waals surface area contributed by atoms with Crippen LogP contribution in [0, 0.1) is 0 Å². The number of benzene rings is 2. The normalized spacial score (nSPS) is 10.2. The average molecular weight is 320 g/mol. The lowest BCUT2D eigenvalue weighted by atomic mass is 10.3. The van der Waals surface area contributed by atoms with Crippen LogP contribution in [-0.4, -0.2) is 11.8 Å². The van der Waals surface area contributed by atoms with E-state index in [1.54, 1.807) is 48.5 Å². The summed E-state index contributed by atoms with van der Waals surface area (Å²) in [5.41, 5.74) is 2.61. The average Bonchev–Trinajstić information content (AvgIpc) is 2.62. The van der Waals surface area contributed by atoms with Crippen molar-refractivity contribution in [1.82, 2.24) is 0 Å². The van der Waals surface area contributed by atoms with Gasteiger partial charge in [0.2, 0.25) is 11.8 Å². The van der Waals surface area contributed by atoms with E-state index in [2.05, 4.69) is 34.0 Å². The molecule has 2 rings (SSSR count). The highest BCUT2D eigenvalue weighted by molar-refractivity contribution is 5.99. The van der Waals surface area contributed by atoms with Gasteiger partial charge in [-0.3, -0.25) is 9.59 Å². The fourth-order valence-electron chi connectivity index (χ4n) is 1.72. The Morgan fingerprint density at radius 3 is 1.33 bits per heavy atom. The van der Waals surface area contributed by atoms with E-state index in [9.17, 15) is 9.59 Å². The van der Waals surface area contributed by atoms with E-state index in [4.69, 9.17) is 0 Å². The van der Waals surface area contributed by atoms with Crippen molar-refractivity contribution in [1.29, 1.82) is 0 Å². The molecule has 0 heterocycles. The van der Waals surface area contributed by atoms with E-state index in [1.165, 1.54) is 12.2 Å². The molecule has 2 N–H and O–H groups in total. The Hall–Kier alpha value is -3.54. The van der Waals surface area contributed by atoms with Crippen LogP contribution < -0.4 is 10.6 Å². The number of hydrogen-bond acceptors (Lipinski definition) is 4. The predicted molar refractivity (Wildman–Crippen MR) is 94.7 cm³/mol. The lowest BCUT2D eigenvalue weighted by molar-refractivity contribution is -0.112. The monoisotopic (exact) mass is 320 g/mol. The molecule has 0 bridgehead atoms. The first-order chi connectivity index (χ1) is 11.6. The van der Waals surface area contributed by atoms with Crippen molar-refractivity contribution in [3.05, 3.63) is 73.8 Å². The third-order valence-corrected chi connectivity index (χ3v) is 2.92. The molecule has 0 aliphatic heterocycles. The number of hydrogen-bond donors (Lipinski definition) is 2. The minimum atomic E-state index is -0.270. The van der Waals surface area contributed by atoms with Gasteiger partial charge < -0.3 is 10.6 Å². The summed E-state index contributed by atoms with van der Waals surface area (Å²) in [7, 11) is 0. The molecule has 0 unspecified atom stereocenters. The van der Waals surface area contributed by atoms with Crippen molar-refractivity contribution in [3.8, 4) is 0 Å². The molecule has 0 saturated heterocycles. The van der Waals surface area contributed by atoms with Gasteiger partial charge >= 0.3 is 0 Å². The van der Waals surface area contributed by atoms with Gasteiger partial charge in [-0.05, 0) is 60.7 Å². The molecule has 0 atom stereocenters. The summed E-state index contributed by atoms with van der Waals surface area (Å²) in [6.45, 7) is 6.78. The lowest BCUT2D eigenvalue weighted by Gasteiger charge is -2.02. The van der Waals surface area contributed by atoms with E-state index < -0.39 is 0 Å². The van der Waals surface area contributed by atoms with Gasteiger partial charge in [-0.1, -0.05) is 13.2 Å². The molecular formula is C18H16N4O2. The topological polar surface area (TPSA) is 82.9 Å². The maximum absolute atomic E-state index is 11.2. The molecule has 6 nitrogen and oxygen atoms in total. The summed E-state index contributed by atoms with van der Waals surface area (Å²) < 4.78 is 0. The molecule has 0 aromatic heterocycles. The maximum atomic E-state index is 11.2. The summed E-state index contributed by atoms with van der Waals surface area (Å²) in [6.07, 6.45) is 2.41. The number of nitrogens with zero attached hydrogens (tertiary/aromatic N) is 2. The van der Waals surface area contributed by atoms with Gasteiger partial charge in [0.25, 0.3) is 0 Å². The highest BCUT2D eigenvalue weighted by Gasteiger charge is 1.98. The van der Waals surface area contributed by atoms with Crippen molar-refractivity contribution in [2.45, 2.75) is 0 Å². The highest BCUT2D eigenvalue weighted by atomic mass is 16.2. The third kappa shape index (κ3) is 5.03. The molecule has 0 radical (unpaired) electrons. The Morgan fingerprint density at radius 2 is 1.04 bits per heavy atom. The molecule has 0 spiro atoms. The summed E-state index contributed by atoms with van der Waals surface area (Å²) in [5, 5.41) is 13.5. The van der Waals surface area contributed by atoms with Gasteiger partial charge in [-0.25, -0.2) is 0 Å². The van der Waals surface area contributed by atoms with E-state index in [0.717, 1.165) is 0 Å². The molecule has 24 heavy (non-hydrogen) atoms. The van der Waals surface area contributed by atoms with Gasteiger partial charge in [0, 0.05) is 11.4 Å². The van der Waals surface area contributed by atoms with Crippen LogP contribution in [0.15, 0.2) is 84.1 Å². The van der Waals surface area contributed by atoms with Crippen LogP contribution in [0.1, 0.15) is 0 Å².